The van der Waals surface area contributed by atoms with Gasteiger partial charge in [-0.25, -0.2) is 0 Å². The lowest BCUT2D eigenvalue weighted by Crippen LogP contribution is -2.42. The van der Waals surface area contributed by atoms with Crippen LogP contribution >= 0.6 is 23.2 Å². The number of amides is 2. The van der Waals surface area contributed by atoms with Gasteiger partial charge in [0.1, 0.15) is 0 Å². The van der Waals surface area contributed by atoms with Crippen molar-refractivity contribution >= 4 is 40.7 Å². The molecular weight excluding hydrogens is 303 g/mol. The van der Waals surface area contributed by atoms with Crippen molar-refractivity contribution in [3.8, 4) is 0 Å². The molecule has 7 heteroatoms. The molecule has 110 valence electrons. The van der Waals surface area contributed by atoms with Crippen molar-refractivity contribution in [2.45, 2.75) is 25.8 Å². The molecule has 1 rings (SSSR count). The quantitative estimate of drug-likeness (QED) is 0.728. The van der Waals surface area contributed by atoms with Crippen LogP contribution in [0.15, 0.2) is 18.2 Å². The van der Waals surface area contributed by atoms with Crippen molar-refractivity contribution in [1.82, 2.24) is 5.32 Å². The van der Waals surface area contributed by atoms with Crippen molar-refractivity contribution in [3.63, 3.8) is 0 Å². The third kappa shape index (κ3) is 5.00. The molecule has 0 aliphatic rings. The molecule has 0 aliphatic heterocycles. The lowest BCUT2D eigenvalue weighted by atomic mass is 10.1. The summed E-state index contributed by atoms with van der Waals surface area (Å²) in [5.41, 5.74) is 0.273. The third-order valence-corrected chi connectivity index (χ3v) is 3.25. The molecule has 20 heavy (non-hydrogen) atoms. The Balaban J connectivity index is 2.66. The SMILES string of the molecule is CCC(CCO)NC(=O)C(=O)Nc1cc(Cl)ccc1Cl. The number of carbonyl (C=O) groups is 2. The van der Waals surface area contributed by atoms with Crippen molar-refractivity contribution in [3.05, 3.63) is 28.2 Å². The topological polar surface area (TPSA) is 78.4 Å². The Bertz CT molecular complexity index is 495. The number of hydrogen-bond acceptors (Lipinski definition) is 3. The monoisotopic (exact) mass is 318 g/mol. The van der Waals surface area contributed by atoms with Gasteiger partial charge in [0, 0.05) is 17.7 Å². The van der Waals surface area contributed by atoms with Gasteiger partial charge >= 0.3 is 11.8 Å². The van der Waals surface area contributed by atoms with Crippen LogP contribution in [0.4, 0.5) is 5.69 Å². The highest BCUT2D eigenvalue weighted by Crippen LogP contribution is 2.25. The normalized spacial score (nSPS) is 11.8. The zero-order valence-electron chi connectivity index (χ0n) is 11.0. The third-order valence-electron chi connectivity index (χ3n) is 2.69. The van der Waals surface area contributed by atoms with Crippen LogP contribution in [0.1, 0.15) is 19.8 Å². The maximum atomic E-state index is 11.7. The molecular formula is C13H16Cl2N2O3. The average molecular weight is 319 g/mol. The van der Waals surface area contributed by atoms with Gasteiger partial charge in [-0.15, -0.1) is 0 Å². The van der Waals surface area contributed by atoms with Crippen LogP contribution in [0.25, 0.3) is 0 Å². The van der Waals surface area contributed by atoms with Gasteiger partial charge in [-0.2, -0.15) is 0 Å². The Kier molecular flexibility index (Phi) is 6.78. The first-order chi connectivity index (χ1) is 9.47. The van der Waals surface area contributed by atoms with Crippen LogP contribution in [0, 0.1) is 0 Å². The fraction of sp³-hybridized carbons (Fsp3) is 0.385. The predicted molar refractivity (Wildman–Crippen MR) is 79.0 cm³/mol. The van der Waals surface area contributed by atoms with Gasteiger partial charge in [-0.1, -0.05) is 30.1 Å². The van der Waals surface area contributed by atoms with Crippen LogP contribution in [0.5, 0.6) is 0 Å². The molecule has 0 fully saturated rings. The average Bonchev–Trinajstić information content (AvgIpc) is 2.42. The van der Waals surface area contributed by atoms with Crippen LogP contribution in [-0.4, -0.2) is 29.6 Å². The minimum Gasteiger partial charge on any atom is -0.396 e. The number of anilines is 1. The molecule has 5 nitrogen and oxygen atoms in total. The molecule has 1 unspecified atom stereocenters. The van der Waals surface area contributed by atoms with Gasteiger partial charge in [0.25, 0.3) is 0 Å². The molecule has 0 saturated heterocycles. The second-order valence-corrected chi connectivity index (χ2v) is 5.01. The van der Waals surface area contributed by atoms with Crippen molar-refractivity contribution in [2.24, 2.45) is 0 Å². The Morgan fingerprint density at radius 2 is 2.00 bits per heavy atom. The Labute approximate surface area is 127 Å². The summed E-state index contributed by atoms with van der Waals surface area (Å²) in [6.45, 7) is 1.80. The van der Waals surface area contributed by atoms with Gasteiger partial charge in [0.2, 0.25) is 0 Å². The van der Waals surface area contributed by atoms with E-state index in [-0.39, 0.29) is 23.4 Å². The molecule has 1 aromatic rings. The molecule has 2 amide bonds. The number of hydrogen-bond donors (Lipinski definition) is 3. The van der Waals surface area contributed by atoms with Crippen LogP contribution in [0.3, 0.4) is 0 Å². The minimum atomic E-state index is -0.828. The Morgan fingerprint density at radius 1 is 1.30 bits per heavy atom. The van der Waals surface area contributed by atoms with E-state index in [9.17, 15) is 9.59 Å². The second-order valence-electron chi connectivity index (χ2n) is 4.17. The summed E-state index contributed by atoms with van der Waals surface area (Å²) >= 11 is 11.7. The first kappa shape index (κ1) is 16.8. The number of halogens is 2. The fourth-order valence-corrected chi connectivity index (χ4v) is 1.89. The number of aliphatic hydroxyl groups is 1. The maximum absolute atomic E-state index is 11.7. The first-order valence-electron chi connectivity index (χ1n) is 6.15. The highest BCUT2D eigenvalue weighted by Gasteiger charge is 2.18. The largest absolute Gasteiger partial charge is 0.396 e. The summed E-state index contributed by atoms with van der Waals surface area (Å²) in [5.74, 6) is -1.60. The first-order valence-corrected chi connectivity index (χ1v) is 6.91. The van der Waals surface area contributed by atoms with E-state index < -0.39 is 11.8 Å². The Hall–Kier alpha value is -1.30. The lowest BCUT2D eigenvalue weighted by molar-refractivity contribution is -0.136. The van der Waals surface area contributed by atoms with E-state index in [0.717, 1.165) is 0 Å². The number of carbonyl (C=O) groups excluding carboxylic acids is 2. The van der Waals surface area contributed by atoms with Gasteiger partial charge in [-0.05, 0) is 31.0 Å². The summed E-state index contributed by atoms with van der Waals surface area (Å²) in [4.78, 5) is 23.5. The number of rotatable bonds is 5. The molecule has 0 bridgehead atoms. The predicted octanol–water partition coefficient (Wildman–Crippen LogP) is 2.21. The fourth-order valence-electron chi connectivity index (χ4n) is 1.56. The molecule has 1 atom stereocenters. The highest BCUT2D eigenvalue weighted by atomic mass is 35.5. The van der Waals surface area contributed by atoms with Gasteiger partial charge in [0.05, 0.1) is 10.7 Å². The van der Waals surface area contributed by atoms with E-state index in [4.69, 9.17) is 28.3 Å². The van der Waals surface area contributed by atoms with E-state index >= 15 is 0 Å². The van der Waals surface area contributed by atoms with Crippen molar-refractivity contribution < 1.29 is 14.7 Å². The maximum Gasteiger partial charge on any atom is 0.313 e. The summed E-state index contributed by atoms with van der Waals surface area (Å²) in [7, 11) is 0. The van der Waals surface area contributed by atoms with E-state index in [2.05, 4.69) is 10.6 Å². The minimum absolute atomic E-state index is 0.0550. The van der Waals surface area contributed by atoms with E-state index in [0.29, 0.717) is 17.9 Å². The summed E-state index contributed by atoms with van der Waals surface area (Å²) in [6, 6.07) is 4.32. The van der Waals surface area contributed by atoms with Crippen LogP contribution < -0.4 is 10.6 Å². The molecule has 0 heterocycles. The number of benzene rings is 1. The molecule has 0 aromatic heterocycles. The standard InChI is InChI=1S/C13H16Cl2N2O3/c1-2-9(5-6-18)16-12(19)13(20)17-11-7-8(14)3-4-10(11)15/h3-4,7,9,18H,2,5-6H2,1H3,(H,16,19)(H,17,20). The van der Waals surface area contributed by atoms with E-state index in [1.165, 1.54) is 12.1 Å². The zero-order chi connectivity index (χ0) is 15.1. The van der Waals surface area contributed by atoms with Gasteiger partial charge in [0.15, 0.2) is 0 Å². The highest BCUT2D eigenvalue weighted by molar-refractivity contribution is 6.42. The molecule has 0 saturated carbocycles. The summed E-state index contributed by atoms with van der Waals surface area (Å²) in [5, 5.41) is 14.5. The van der Waals surface area contributed by atoms with E-state index in [1.54, 1.807) is 6.07 Å². The molecule has 0 aliphatic carbocycles. The van der Waals surface area contributed by atoms with Gasteiger partial charge in [-0.3, -0.25) is 9.59 Å². The molecule has 0 radical (unpaired) electrons. The molecule has 3 N–H and O–H groups in total. The molecule has 1 aromatic carbocycles. The number of nitrogens with one attached hydrogen (secondary N) is 2. The smallest absolute Gasteiger partial charge is 0.313 e. The van der Waals surface area contributed by atoms with E-state index in [1.807, 2.05) is 6.92 Å². The van der Waals surface area contributed by atoms with Gasteiger partial charge < -0.3 is 15.7 Å². The van der Waals surface area contributed by atoms with Crippen LogP contribution in [0.2, 0.25) is 10.0 Å². The van der Waals surface area contributed by atoms with Crippen LogP contribution in [-0.2, 0) is 9.59 Å². The second kappa shape index (κ2) is 8.09. The Morgan fingerprint density at radius 3 is 2.60 bits per heavy atom. The lowest BCUT2D eigenvalue weighted by Gasteiger charge is -2.15. The molecule has 0 spiro atoms. The van der Waals surface area contributed by atoms with Crippen molar-refractivity contribution in [2.75, 3.05) is 11.9 Å². The summed E-state index contributed by atoms with van der Waals surface area (Å²) in [6.07, 6.45) is 1.02. The summed E-state index contributed by atoms with van der Waals surface area (Å²) < 4.78 is 0. The zero-order valence-corrected chi connectivity index (χ0v) is 12.5. The number of aliphatic hydroxyl groups excluding tert-OH is 1. The van der Waals surface area contributed by atoms with Crippen molar-refractivity contribution in [1.29, 1.82) is 0 Å².